The van der Waals surface area contributed by atoms with Crippen molar-refractivity contribution < 1.29 is 26.3 Å². The molecule has 0 aliphatic heterocycles. The molecule has 0 aliphatic rings. The van der Waals surface area contributed by atoms with E-state index in [-0.39, 0.29) is 17.0 Å². The van der Waals surface area contributed by atoms with E-state index in [4.69, 9.17) is 0 Å². The first kappa shape index (κ1) is 18.9. The molecule has 27 heavy (non-hydrogen) atoms. The Balaban J connectivity index is 2.18. The summed E-state index contributed by atoms with van der Waals surface area (Å²) in [5.74, 6) is 0.0852. The van der Waals surface area contributed by atoms with Gasteiger partial charge in [-0.25, -0.2) is 9.67 Å². The number of hydrogen-bond acceptors (Lipinski definition) is 3. The summed E-state index contributed by atoms with van der Waals surface area (Å²) in [4.78, 5) is 18.2. The van der Waals surface area contributed by atoms with Crippen LogP contribution in [0.4, 0.5) is 26.3 Å². The zero-order chi connectivity index (χ0) is 20.1. The summed E-state index contributed by atoms with van der Waals surface area (Å²) >= 11 is 0. The topological polar surface area (TPSA) is 63.6 Å². The van der Waals surface area contributed by atoms with Gasteiger partial charge in [-0.15, -0.1) is 0 Å². The van der Waals surface area contributed by atoms with Gasteiger partial charge in [-0.2, -0.15) is 31.4 Å². The van der Waals surface area contributed by atoms with Crippen molar-refractivity contribution in [3.8, 4) is 0 Å². The van der Waals surface area contributed by atoms with Crippen LogP contribution in [0.1, 0.15) is 35.6 Å². The number of fused-ring (bicyclic) bond motifs is 1. The number of benzene rings is 1. The van der Waals surface area contributed by atoms with Crippen LogP contribution >= 0.6 is 0 Å². The van der Waals surface area contributed by atoms with E-state index in [1.165, 1.54) is 13.8 Å². The molecule has 3 rings (SSSR count). The molecule has 0 aliphatic carbocycles. The van der Waals surface area contributed by atoms with Gasteiger partial charge >= 0.3 is 12.4 Å². The van der Waals surface area contributed by atoms with Crippen LogP contribution in [0.5, 0.6) is 0 Å². The van der Waals surface area contributed by atoms with E-state index in [2.05, 4.69) is 15.1 Å². The molecule has 1 aromatic carbocycles. The number of aryl methyl sites for hydroxylation is 1. The molecule has 3 aromatic rings. The Morgan fingerprint density at radius 1 is 1.04 bits per heavy atom. The predicted molar refractivity (Wildman–Crippen MR) is 83.1 cm³/mol. The molecular formula is C16H12F6N4O. The molecule has 0 saturated carbocycles. The SMILES string of the molecule is Cc1nc2c(c(C(F)(F)F)nn2[C@@H](C)c2ccc(C(F)(F)F)cc2)c(=O)[nH]1. The van der Waals surface area contributed by atoms with E-state index >= 15 is 0 Å². The number of hydrogen-bond donors (Lipinski definition) is 1. The third-order valence-corrected chi connectivity index (χ3v) is 4.04. The van der Waals surface area contributed by atoms with E-state index in [0.29, 0.717) is 0 Å². The normalized spacial score (nSPS) is 13.9. The average Bonchev–Trinajstić information content (AvgIpc) is 2.93. The highest BCUT2D eigenvalue weighted by Gasteiger charge is 2.39. The maximum atomic E-state index is 13.3. The highest BCUT2D eigenvalue weighted by molar-refractivity contribution is 5.78. The molecule has 144 valence electrons. The van der Waals surface area contributed by atoms with Crippen molar-refractivity contribution in [2.24, 2.45) is 0 Å². The van der Waals surface area contributed by atoms with Gasteiger partial charge in [-0.05, 0) is 31.5 Å². The summed E-state index contributed by atoms with van der Waals surface area (Å²) in [5.41, 5.74) is -3.29. The first-order valence-electron chi connectivity index (χ1n) is 7.63. The molecule has 0 bridgehead atoms. The van der Waals surface area contributed by atoms with Crippen molar-refractivity contribution in [1.29, 1.82) is 0 Å². The van der Waals surface area contributed by atoms with Crippen LogP contribution < -0.4 is 5.56 Å². The minimum absolute atomic E-state index is 0.0852. The lowest BCUT2D eigenvalue weighted by Crippen LogP contribution is -2.14. The molecule has 0 amide bonds. The summed E-state index contributed by atoms with van der Waals surface area (Å²) in [6.45, 7) is 2.85. The van der Waals surface area contributed by atoms with Crippen molar-refractivity contribution >= 4 is 11.0 Å². The van der Waals surface area contributed by atoms with E-state index in [1.54, 1.807) is 0 Å². The molecule has 5 nitrogen and oxygen atoms in total. The fourth-order valence-electron chi connectivity index (χ4n) is 2.72. The Kier molecular flexibility index (Phi) is 4.28. The van der Waals surface area contributed by atoms with Crippen molar-refractivity contribution in [2.75, 3.05) is 0 Å². The lowest BCUT2D eigenvalue weighted by molar-refractivity contribution is -0.140. The Morgan fingerprint density at radius 2 is 1.63 bits per heavy atom. The fraction of sp³-hybridized carbons (Fsp3) is 0.312. The fourth-order valence-corrected chi connectivity index (χ4v) is 2.72. The van der Waals surface area contributed by atoms with Crippen LogP contribution in [0.25, 0.3) is 11.0 Å². The second kappa shape index (κ2) is 6.10. The van der Waals surface area contributed by atoms with Gasteiger partial charge in [-0.3, -0.25) is 4.79 Å². The highest BCUT2D eigenvalue weighted by atomic mass is 19.4. The van der Waals surface area contributed by atoms with Gasteiger partial charge in [0.05, 0.1) is 11.6 Å². The van der Waals surface area contributed by atoms with Gasteiger partial charge in [-0.1, -0.05) is 12.1 Å². The van der Waals surface area contributed by atoms with Gasteiger partial charge in [0.1, 0.15) is 11.2 Å². The molecule has 1 atom stereocenters. The van der Waals surface area contributed by atoms with Gasteiger partial charge in [0.15, 0.2) is 11.3 Å². The third-order valence-electron chi connectivity index (χ3n) is 4.04. The van der Waals surface area contributed by atoms with Crippen molar-refractivity contribution in [3.63, 3.8) is 0 Å². The minimum atomic E-state index is -4.90. The summed E-state index contributed by atoms with van der Waals surface area (Å²) in [6.07, 6.45) is -9.43. The number of halogens is 6. The van der Waals surface area contributed by atoms with Crippen LogP contribution in [0, 0.1) is 6.92 Å². The number of aromatic nitrogens is 4. The second-order valence-electron chi connectivity index (χ2n) is 5.94. The number of H-pyrrole nitrogens is 1. The summed E-state index contributed by atoms with van der Waals surface area (Å²) in [6, 6.07) is 3.06. The van der Waals surface area contributed by atoms with Gasteiger partial charge in [0.2, 0.25) is 0 Å². The molecule has 0 spiro atoms. The maximum absolute atomic E-state index is 13.3. The van der Waals surface area contributed by atoms with Crippen molar-refractivity contribution in [1.82, 2.24) is 19.7 Å². The zero-order valence-electron chi connectivity index (χ0n) is 13.9. The first-order chi connectivity index (χ1) is 12.4. The number of rotatable bonds is 2. The molecule has 0 fully saturated rings. The van der Waals surface area contributed by atoms with E-state index in [0.717, 1.165) is 28.9 Å². The van der Waals surface area contributed by atoms with Crippen molar-refractivity contribution in [2.45, 2.75) is 32.2 Å². The number of nitrogens with zero attached hydrogens (tertiary/aromatic N) is 3. The Bertz CT molecular complexity index is 1050. The highest BCUT2D eigenvalue weighted by Crippen LogP contribution is 2.34. The molecule has 2 heterocycles. The van der Waals surface area contributed by atoms with Gasteiger partial charge in [0, 0.05) is 0 Å². The van der Waals surface area contributed by atoms with Crippen LogP contribution in [0.2, 0.25) is 0 Å². The Labute approximate surface area is 147 Å². The molecule has 1 N–H and O–H groups in total. The second-order valence-corrected chi connectivity index (χ2v) is 5.94. The van der Waals surface area contributed by atoms with Gasteiger partial charge < -0.3 is 4.98 Å². The maximum Gasteiger partial charge on any atom is 0.436 e. The summed E-state index contributed by atoms with van der Waals surface area (Å²) in [7, 11) is 0. The minimum Gasteiger partial charge on any atom is -0.310 e. The monoisotopic (exact) mass is 390 g/mol. The molecule has 0 saturated heterocycles. The van der Waals surface area contributed by atoms with E-state index < -0.39 is 40.6 Å². The largest absolute Gasteiger partial charge is 0.436 e. The van der Waals surface area contributed by atoms with Crippen LogP contribution in [-0.2, 0) is 12.4 Å². The third kappa shape index (κ3) is 3.40. The van der Waals surface area contributed by atoms with Crippen LogP contribution in [0.15, 0.2) is 29.1 Å². The predicted octanol–water partition coefficient (Wildman–Crippen LogP) is 4.07. The number of alkyl halides is 6. The lowest BCUT2D eigenvalue weighted by Gasteiger charge is -2.15. The van der Waals surface area contributed by atoms with Crippen LogP contribution in [0.3, 0.4) is 0 Å². The van der Waals surface area contributed by atoms with Crippen molar-refractivity contribution in [3.05, 3.63) is 57.3 Å². The summed E-state index contributed by atoms with van der Waals surface area (Å²) < 4.78 is 78.8. The smallest absolute Gasteiger partial charge is 0.310 e. The van der Waals surface area contributed by atoms with Crippen LogP contribution in [-0.4, -0.2) is 19.7 Å². The quantitative estimate of drug-likeness (QED) is 0.671. The standard InChI is InChI=1S/C16H12F6N4O/c1-7(9-3-5-10(6-4-9)15(17,18)19)26-13-11(12(25-26)16(20,21)22)14(27)24-8(2)23-13/h3-7H,1-2H3,(H,23,24,27)/t7-/m0/s1. The first-order valence-corrected chi connectivity index (χ1v) is 7.63. The Morgan fingerprint density at radius 3 is 2.15 bits per heavy atom. The average molecular weight is 390 g/mol. The number of aromatic amines is 1. The Hall–Kier alpha value is -2.85. The molecule has 2 aromatic heterocycles. The number of nitrogens with one attached hydrogen (secondary N) is 1. The lowest BCUT2D eigenvalue weighted by atomic mass is 10.1. The van der Waals surface area contributed by atoms with E-state index in [9.17, 15) is 31.1 Å². The van der Waals surface area contributed by atoms with E-state index in [1.807, 2.05) is 0 Å². The van der Waals surface area contributed by atoms with Gasteiger partial charge in [0.25, 0.3) is 5.56 Å². The molecule has 0 radical (unpaired) electrons. The molecular weight excluding hydrogens is 378 g/mol. The summed E-state index contributed by atoms with van der Waals surface area (Å²) in [5, 5.41) is 2.78. The molecule has 0 unspecified atom stereocenters. The zero-order valence-corrected chi connectivity index (χ0v) is 13.9. The molecule has 11 heteroatoms.